The van der Waals surface area contributed by atoms with Gasteiger partial charge in [-0.05, 0) is 25.6 Å². The van der Waals surface area contributed by atoms with Gasteiger partial charge < -0.3 is 4.43 Å². The summed E-state index contributed by atoms with van der Waals surface area (Å²) in [4.78, 5) is 10.8. The van der Waals surface area contributed by atoms with Gasteiger partial charge in [0.25, 0.3) is 0 Å². The lowest BCUT2D eigenvalue weighted by Gasteiger charge is -2.04. The summed E-state index contributed by atoms with van der Waals surface area (Å²) in [5.41, 5.74) is 0.578. The quantitative estimate of drug-likeness (QED) is 0.453. The van der Waals surface area contributed by atoms with Crippen molar-refractivity contribution < 1.29 is 9.22 Å². The molecule has 0 saturated carbocycles. The second-order valence-corrected chi connectivity index (χ2v) is 4.99. The van der Waals surface area contributed by atoms with Gasteiger partial charge in [0.15, 0.2) is 14.8 Å². The first-order chi connectivity index (χ1) is 4.54. The van der Waals surface area contributed by atoms with Crippen LogP contribution in [0.2, 0.25) is 13.1 Å². The zero-order chi connectivity index (χ0) is 8.15. The Morgan fingerprint density at radius 2 is 2.10 bits per heavy atom. The fourth-order valence-electron chi connectivity index (χ4n) is 0.366. The summed E-state index contributed by atoms with van der Waals surface area (Å²) in [6.45, 7) is 9.51. The molecule has 0 N–H and O–H groups in total. The monoisotopic (exact) mass is 158 g/mol. The Morgan fingerprint density at radius 3 is 2.40 bits per heavy atom. The van der Waals surface area contributed by atoms with Crippen LogP contribution < -0.4 is 0 Å². The highest BCUT2D eigenvalue weighted by atomic mass is 28.3. The van der Waals surface area contributed by atoms with Gasteiger partial charge in [-0.15, -0.1) is 0 Å². The first-order valence-electron chi connectivity index (χ1n) is 3.34. The molecule has 0 fully saturated rings. The van der Waals surface area contributed by atoms with Crippen LogP contribution in [0.1, 0.15) is 6.92 Å². The number of ketones is 1. The lowest BCUT2D eigenvalue weighted by molar-refractivity contribution is -0.117. The number of hydrogen-bond donors (Lipinski definition) is 0. The Morgan fingerprint density at radius 1 is 1.60 bits per heavy atom. The molecule has 0 aliphatic carbocycles. The summed E-state index contributed by atoms with van der Waals surface area (Å²) >= 11 is 0. The van der Waals surface area contributed by atoms with Crippen molar-refractivity contribution >= 4 is 14.8 Å². The summed E-state index contributed by atoms with van der Waals surface area (Å²) in [5, 5.41) is 0. The summed E-state index contributed by atoms with van der Waals surface area (Å²) in [5.74, 6) is 0.0150. The third kappa shape index (κ3) is 4.46. The van der Waals surface area contributed by atoms with E-state index in [4.69, 9.17) is 4.43 Å². The third-order valence-corrected chi connectivity index (χ3v) is 1.86. The molecule has 0 radical (unpaired) electrons. The van der Waals surface area contributed by atoms with E-state index in [0.29, 0.717) is 5.57 Å². The molecule has 3 heteroatoms. The number of Topliss-reactive ketones (excluding diaryl/α,β-unsaturated/α-hetero) is 1. The molecule has 10 heavy (non-hydrogen) atoms. The maximum atomic E-state index is 10.8. The van der Waals surface area contributed by atoms with Gasteiger partial charge in [0.1, 0.15) is 0 Å². The van der Waals surface area contributed by atoms with Crippen molar-refractivity contribution in [2.75, 3.05) is 6.61 Å². The van der Waals surface area contributed by atoms with Crippen LogP contribution in [0.15, 0.2) is 12.2 Å². The number of carbonyl (C=O) groups is 1. The van der Waals surface area contributed by atoms with Crippen LogP contribution in [0.4, 0.5) is 0 Å². The number of rotatable bonds is 4. The molecule has 0 aromatic rings. The SMILES string of the molecule is C=C(C)C(=O)CO[SiH](C)C. The highest BCUT2D eigenvalue weighted by molar-refractivity contribution is 6.48. The maximum Gasteiger partial charge on any atom is 0.182 e. The molecule has 0 aliphatic heterocycles. The average Bonchev–Trinajstić information content (AvgIpc) is 1.82. The third-order valence-electron chi connectivity index (χ3n) is 1.02. The maximum absolute atomic E-state index is 10.8. The molecule has 0 amide bonds. The number of carbonyl (C=O) groups excluding carboxylic acids is 1. The Balaban J connectivity index is 3.50. The first kappa shape index (κ1) is 9.59. The van der Waals surface area contributed by atoms with Crippen LogP contribution in [-0.2, 0) is 9.22 Å². The molecule has 0 saturated heterocycles. The standard InChI is InChI=1S/C7H14O2Si/c1-6(2)7(8)5-9-10(3)4/h10H,1,5H2,2-4H3. The second-order valence-electron chi connectivity index (χ2n) is 2.56. The Hall–Kier alpha value is -0.413. The van der Waals surface area contributed by atoms with Gasteiger partial charge in [0, 0.05) is 0 Å². The van der Waals surface area contributed by atoms with Gasteiger partial charge in [-0.25, -0.2) is 0 Å². The minimum Gasteiger partial charge on any atom is -0.413 e. The van der Waals surface area contributed by atoms with E-state index in [0.717, 1.165) is 0 Å². The van der Waals surface area contributed by atoms with Gasteiger partial charge in [-0.3, -0.25) is 4.79 Å². The molecule has 0 aromatic heterocycles. The van der Waals surface area contributed by atoms with Crippen LogP contribution in [0, 0.1) is 0 Å². The van der Waals surface area contributed by atoms with E-state index < -0.39 is 9.04 Å². The minimum absolute atomic E-state index is 0.0150. The van der Waals surface area contributed by atoms with E-state index in [9.17, 15) is 4.79 Å². The molecule has 0 spiro atoms. The molecule has 0 bridgehead atoms. The molecule has 0 atom stereocenters. The van der Waals surface area contributed by atoms with Crippen LogP contribution >= 0.6 is 0 Å². The van der Waals surface area contributed by atoms with Crippen LogP contribution in [0.5, 0.6) is 0 Å². The Kier molecular flexibility index (Phi) is 4.23. The van der Waals surface area contributed by atoms with E-state index in [1.54, 1.807) is 6.92 Å². The van der Waals surface area contributed by atoms with E-state index in [2.05, 4.69) is 6.58 Å². The van der Waals surface area contributed by atoms with Crippen molar-refractivity contribution in [3.63, 3.8) is 0 Å². The van der Waals surface area contributed by atoms with Crippen LogP contribution in [0.3, 0.4) is 0 Å². The van der Waals surface area contributed by atoms with Crippen LogP contribution in [0.25, 0.3) is 0 Å². The molecule has 0 aromatic carbocycles. The van der Waals surface area contributed by atoms with E-state index in [1.165, 1.54) is 0 Å². The van der Waals surface area contributed by atoms with Crippen molar-refractivity contribution in [2.45, 2.75) is 20.0 Å². The molecule has 2 nitrogen and oxygen atoms in total. The van der Waals surface area contributed by atoms with Gasteiger partial charge in [0.05, 0.1) is 6.61 Å². The molecule has 0 heterocycles. The molecule has 58 valence electrons. The summed E-state index contributed by atoms with van der Waals surface area (Å²) < 4.78 is 5.19. The van der Waals surface area contributed by atoms with Gasteiger partial charge in [-0.1, -0.05) is 6.58 Å². The Labute approximate surface area is 63.6 Å². The van der Waals surface area contributed by atoms with Gasteiger partial charge in [0.2, 0.25) is 0 Å². The summed E-state index contributed by atoms with van der Waals surface area (Å²) in [7, 11) is -1.03. The largest absolute Gasteiger partial charge is 0.413 e. The van der Waals surface area contributed by atoms with Gasteiger partial charge >= 0.3 is 0 Å². The summed E-state index contributed by atoms with van der Waals surface area (Å²) in [6, 6.07) is 0. The zero-order valence-corrected chi connectivity index (χ0v) is 7.96. The van der Waals surface area contributed by atoms with Crippen LogP contribution in [-0.4, -0.2) is 21.4 Å². The normalized spacial score (nSPS) is 10.0. The Bertz CT molecular complexity index is 141. The molecular formula is C7H14O2Si. The van der Waals surface area contributed by atoms with Crippen molar-refractivity contribution in [1.82, 2.24) is 0 Å². The fraction of sp³-hybridized carbons (Fsp3) is 0.571. The van der Waals surface area contributed by atoms with Crippen molar-refractivity contribution in [1.29, 1.82) is 0 Å². The minimum atomic E-state index is -1.03. The van der Waals surface area contributed by atoms with E-state index in [-0.39, 0.29) is 12.4 Å². The van der Waals surface area contributed by atoms with E-state index in [1.807, 2.05) is 13.1 Å². The lowest BCUT2D eigenvalue weighted by Crippen LogP contribution is -2.16. The lowest BCUT2D eigenvalue weighted by atomic mass is 10.2. The topological polar surface area (TPSA) is 26.3 Å². The second kappa shape index (κ2) is 4.41. The molecule has 0 aliphatic rings. The zero-order valence-electron chi connectivity index (χ0n) is 6.81. The fourth-order valence-corrected chi connectivity index (χ4v) is 0.850. The van der Waals surface area contributed by atoms with E-state index >= 15 is 0 Å². The first-order valence-corrected chi connectivity index (χ1v) is 6.12. The van der Waals surface area contributed by atoms with Crippen molar-refractivity contribution in [2.24, 2.45) is 0 Å². The summed E-state index contributed by atoms with van der Waals surface area (Å²) in [6.07, 6.45) is 0. The smallest absolute Gasteiger partial charge is 0.182 e. The molecule has 0 rings (SSSR count). The molecule has 0 unspecified atom stereocenters. The van der Waals surface area contributed by atoms with Crippen molar-refractivity contribution in [3.05, 3.63) is 12.2 Å². The van der Waals surface area contributed by atoms with Crippen molar-refractivity contribution in [3.8, 4) is 0 Å². The predicted octanol–water partition coefficient (Wildman–Crippen LogP) is 1.13. The molecular weight excluding hydrogens is 144 g/mol. The average molecular weight is 158 g/mol. The highest BCUT2D eigenvalue weighted by Crippen LogP contribution is 1.92. The van der Waals surface area contributed by atoms with Gasteiger partial charge in [-0.2, -0.15) is 0 Å². The highest BCUT2D eigenvalue weighted by Gasteiger charge is 2.03. The predicted molar refractivity (Wildman–Crippen MR) is 44.7 cm³/mol. The number of hydrogen-bond acceptors (Lipinski definition) is 2.